The number of urea groups is 1. The van der Waals surface area contributed by atoms with Gasteiger partial charge < -0.3 is 25.4 Å². The minimum absolute atomic E-state index is 0.0480. The number of amides is 2. The van der Waals surface area contributed by atoms with Crippen LogP contribution in [-0.4, -0.2) is 69.2 Å². The summed E-state index contributed by atoms with van der Waals surface area (Å²) in [6, 6.07) is 14.9. The van der Waals surface area contributed by atoms with Crippen molar-refractivity contribution in [3.8, 4) is 17.5 Å². The zero-order chi connectivity index (χ0) is 29.2. The number of aromatic nitrogens is 2. The number of ether oxygens (including phenoxy) is 1. The van der Waals surface area contributed by atoms with Gasteiger partial charge in [0.1, 0.15) is 10.6 Å². The molecule has 41 heavy (non-hydrogen) atoms. The van der Waals surface area contributed by atoms with Gasteiger partial charge in [-0.15, -0.1) is 0 Å². The summed E-state index contributed by atoms with van der Waals surface area (Å²) in [6.45, 7) is 3.72. The molecule has 0 unspecified atom stereocenters. The second-order valence-electron chi connectivity index (χ2n) is 10.0. The summed E-state index contributed by atoms with van der Waals surface area (Å²) in [7, 11) is -3.47. The maximum atomic E-state index is 12.0. The average Bonchev–Trinajstić information content (AvgIpc) is 3.79. The number of nitrogens with one attached hydrogen (secondary N) is 2. The highest BCUT2D eigenvalue weighted by molar-refractivity contribution is 8.25. The fourth-order valence-corrected chi connectivity index (χ4v) is 7.45. The first-order chi connectivity index (χ1) is 19.7. The standard InChI is InChI=1S/C28H31ClN6O5S/c1-18-17-40-13-11-35(18)25-15-24(28(8-9-28)41(38,39)23-7-2-19(16-30)14-22(23)29)33-26(34-25)20-3-5-21(6-4-20)32-27(37)31-10-12-36/h2-7,14-15,18,36,38-39H,8-13,17H2,1H3,(H2,31,32,37)/t18-/m0/s1. The Balaban J connectivity index is 1.54. The highest BCUT2D eigenvalue weighted by atomic mass is 35.5. The summed E-state index contributed by atoms with van der Waals surface area (Å²) in [6.07, 6.45) is 0.984. The first-order valence-corrected chi connectivity index (χ1v) is 15.1. The molecule has 2 heterocycles. The van der Waals surface area contributed by atoms with Crippen molar-refractivity contribution in [1.29, 1.82) is 5.26 Å². The van der Waals surface area contributed by atoms with Gasteiger partial charge in [-0.05, 0) is 62.2 Å². The van der Waals surface area contributed by atoms with Crippen molar-refractivity contribution in [3.05, 3.63) is 64.8 Å². The van der Waals surface area contributed by atoms with Crippen LogP contribution in [0, 0.1) is 11.3 Å². The van der Waals surface area contributed by atoms with Crippen LogP contribution >= 0.6 is 22.2 Å². The van der Waals surface area contributed by atoms with E-state index in [2.05, 4.69) is 15.5 Å². The van der Waals surface area contributed by atoms with Gasteiger partial charge in [0.05, 0.1) is 53.1 Å². The largest absolute Gasteiger partial charge is 0.395 e. The number of morpholine rings is 1. The number of benzene rings is 2. The number of hydrogen-bond acceptors (Lipinski definition) is 9. The molecule has 2 aliphatic rings. The molecule has 1 aliphatic carbocycles. The number of rotatable bonds is 8. The average molecular weight is 599 g/mol. The van der Waals surface area contributed by atoms with Crippen molar-refractivity contribution in [3.63, 3.8) is 0 Å². The van der Waals surface area contributed by atoms with Crippen molar-refractivity contribution < 1.29 is 23.7 Å². The van der Waals surface area contributed by atoms with Gasteiger partial charge in [0.25, 0.3) is 0 Å². The number of aliphatic hydroxyl groups is 1. The topological polar surface area (TPSA) is 164 Å². The Bertz CT molecular complexity index is 1480. The molecule has 216 valence electrons. The number of halogens is 1. The lowest BCUT2D eigenvalue weighted by molar-refractivity contribution is 0.0985. The molecule has 1 aromatic heterocycles. The molecule has 5 rings (SSSR count). The van der Waals surface area contributed by atoms with Crippen LogP contribution in [0.4, 0.5) is 16.3 Å². The number of nitrogens with zero attached hydrogens (tertiary/aromatic N) is 4. The Kier molecular flexibility index (Phi) is 8.37. The first-order valence-electron chi connectivity index (χ1n) is 13.2. The van der Waals surface area contributed by atoms with Crippen molar-refractivity contribution >= 4 is 39.7 Å². The van der Waals surface area contributed by atoms with Gasteiger partial charge in [-0.1, -0.05) is 11.6 Å². The van der Waals surface area contributed by atoms with Crippen molar-refractivity contribution in [2.24, 2.45) is 0 Å². The molecule has 5 N–H and O–H groups in total. The molecular formula is C28H31ClN6O5S. The van der Waals surface area contributed by atoms with Crippen LogP contribution in [-0.2, 0) is 9.48 Å². The molecule has 1 saturated heterocycles. The van der Waals surface area contributed by atoms with Gasteiger partial charge >= 0.3 is 6.03 Å². The van der Waals surface area contributed by atoms with Gasteiger partial charge in [0.2, 0.25) is 0 Å². The smallest absolute Gasteiger partial charge is 0.319 e. The molecule has 1 atom stereocenters. The van der Waals surface area contributed by atoms with E-state index in [1.165, 1.54) is 18.2 Å². The lowest BCUT2D eigenvalue weighted by atomic mass is 10.1. The van der Waals surface area contributed by atoms with Gasteiger partial charge in [-0.3, -0.25) is 9.11 Å². The number of nitriles is 1. The maximum absolute atomic E-state index is 12.0. The Morgan fingerprint density at radius 2 is 1.98 bits per heavy atom. The van der Waals surface area contributed by atoms with E-state index < -0.39 is 21.4 Å². The number of anilines is 2. The summed E-state index contributed by atoms with van der Waals surface area (Å²) in [5.41, 5.74) is 2.06. The molecule has 13 heteroatoms. The number of aliphatic hydroxyl groups excluding tert-OH is 1. The Labute approximate surface area is 244 Å². The third kappa shape index (κ3) is 5.83. The van der Waals surface area contributed by atoms with E-state index >= 15 is 0 Å². The third-order valence-corrected chi connectivity index (χ3v) is 10.4. The van der Waals surface area contributed by atoms with Gasteiger partial charge in [-0.2, -0.15) is 15.9 Å². The number of carbonyl (C=O) groups excluding carboxylic acids is 1. The summed E-state index contributed by atoms with van der Waals surface area (Å²) in [5, 5.41) is 23.5. The molecule has 0 radical (unpaired) electrons. The van der Waals surface area contributed by atoms with E-state index in [0.29, 0.717) is 66.8 Å². The van der Waals surface area contributed by atoms with Gasteiger partial charge in [0, 0.05) is 30.4 Å². The third-order valence-electron chi connectivity index (χ3n) is 7.26. The Morgan fingerprint density at radius 3 is 2.61 bits per heavy atom. The van der Waals surface area contributed by atoms with E-state index in [-0.39, 0.29) is 29.1 Å². The zero-order valence-corrected chi connectivity index (χ0v) is 24.0. The van der Waals surface area contributed by atoms with E-state index in [0.717, 1.165) is 0 Å². The van der Waals surface area contributed by atoms with Crippen LogP contribution < -0.4 is 15.5 Å². The fraction of sp³-hybridized carbons (Fsp3) is 0.357. The van der Waals surface area contributed by atoms with Crippen LogP contribution in [0.5, 0.6) is 0 Å². The second kappa shape index (κ2) is 11.8. The van der Waals surface area contributed by atoms with Crippen LogP contribution in [0.2, 0.25) is 5.02 Å². The number of hydrogen-bond donors (Lipinski definition) is 5. The van der Waals surface area contributed by atoms with Crippen LogP contribution in [0.15, 0.2) is 53.4 Å². The Hall–Kier alpha value is -3.44. The van der Waals surface area contributed by atoms with E-state index in [4.69, 9.17) is 31.4 Å². The lowest BCUT2D eigenvalue weighted by Gasteiger charge is -2.42. The maximum Gasteiger partial charge on any atom is 0.319 e. The monoisotopic (exact) mass is 598 g/mol. The molecule has 2 amide bonds. The minimum Gasteiger partial charge on any atom is -0.395 e. The molecule has 1 saturated carbocycles. The van der Waals surface area contributed by atoms with E-state index in [1.54, 1.807) is 24.3 Å². The minimum atomic E-state index is -3.47. The zero-order valence-electron chi connectivity index (χ0n) is 22.4. The van der Waals surface area contributed by atoms with Crippen molar-refractivity contribution in [2.75, 3.05) is 43.1 Å². The molecule has 3 aromatic rings. The van der Waals surface area contributed by atoms with E-state index in [9.17, 15) is 19.2 Å². The van der Waals surface area contributed by atoms with Crippen LogP contribution in [0.25, 0.3) is 11.4 Å². The SMILES string of the molecule is C[C@H]1COCCN1c1cc(C2(S(O)(O)c3ccc(C#N)cc3Cl)CC2)nc(-c2ccc(NC(=O)NCCO)cc2)n1. The molecular weight excluding hydrogens is 568 g/mol. The van der Waals surface area contributed by atoms with Crippen molar-refractivity contribution in [2.45, 2.75) is 35.4 Å². The summed E-state index contributed by atoms with van der Waals surface area (Å²) >= 11 is 6.44. The summed E-state index contributed by atoms with van der Waals surface area (Å²) < 4.78 is 27.9. The van der Waals surface area contributed by atoms with Crippen LogP contribution in [0.3, 0.4) is 0 Å². The van der Waals surface area contributed by atoms with Crippen molar-refractivity contribution in [1.82, 2.24) is 15.3 Å². The fourth-order valence-electron chi connectivity index (χ4n) is 4.87. The van der Waals surface area contributed by atoms with Crippen LogP contribution in [0.1, 0.15) is 31.0 Å². The number of carbonyl (C=O) groups is 1. The summed E-state index contributed by atoms with van der Waals surface area (Å²) in [5.74, 6) is 1.05. The molecule has 1 aliphatic heterocycles. The second-order valence-corrected chi connectivity index (χ2v) is 12.8. The van der Waals surface area contributed by atoms with Gasteiger partial charge in [-0.25, -0.2) is 14.8 Å². The molecule has 0 bridgehead atoms. The molecule has 2 fully saturated rings. The van der Waals surface area contributed by atoms with Gasteiger partial charge in [0.15, 0.2) is 5.82 Å². The normalized spacial score (nSPS) is 18.3. The highest BCUT2D eigenvalue weighted by Gasteiger charge is 2.58. The molecule has 2 aromatic carbocycles. The molecule has 0 spiro atoms. The Morgan fingerprint density at radius 1 is 1.22 bits per heavy atom. The predicted octanol–water partition coefficient (Wildman–Crippen LogP) is 4.81. The molecule has 11 nitrogen and oxygen atoms in total. The quantitative estimate of drug-likeness (QED) is 0.245. The lowest BCUT2D eigenvalue weighted by Crippen LogP contribution is -2.44. The van der Waals surface area contributed by atoms with E-state index in [1.807, 2.05) is 19.1 Å². The highest BCUT2D eigenvalue weighted by Crippen LogP contribution is 2.76. The summed E-state index contributed by atoms with van der Waals surface area (Å²) in [4.78, 5) is 24.0. The predicted molar refractivity (Wildman–Crippen MR) is 157 cm³/mol. The first kappa shape index (κ1) is 29.1.